The van der Waals surface area contributed by atoms with Gasteiger partial charge in [0.1, 0.15) is 0 Å². The molecular weight excluding hydrogens is 254 g/mol. The first kappa shape index (κ1) is 12.6. The van der Waals surface area contributed by atoms with Gasteiger partial charge in [0.05, 0.1) is 0 Å². The average Bonchev–Trinajstić information content (AvgIpc) is 2.64. The van der Waals surface area contributed by atoms with Crippen LogP contribution in [0, 0.1) is 15.6 Å². The van der Waals surface area contributed by atoms with E-state index in [4.69, 9.17) is 12.2 Å². The van der Waals surface area contributed by atoms with E-state index in [9.17, 15) is 0 Å². The van der Waals surface area contributed by atoms with E-state index >= 15 is 0 Å². The second-order valence-electron chi connectivity index (χ2n) is 6.43. The lowest BCUT2D eigenvalue weighted by Crippen LogP contribution is -2.03. The minimum atomic E-state index is 0.235. The average molecular weight is 273 g/mol. The Kier molecular flexibility index (Phi) is 2.52. The van der Waals surface area contributed by atoms with Gasteiger partial charge in [-0.3, -0.25) is 9.67 Å². The summed E-state index contributed by atoms with van der Waals surface area (Å²) in [6, 6.07) is 10.6. The van der Waals surface area contributed by atoms with Gasteiger partial charge in [-0.2, -0.15) is 5.10 Å². The Bertz CT molecular complexity index is 650. The highest BCUT2D eigenvalue weighted by molar-refractivity contribution is 7.71. The van der Waals surface area contributed by atoms with Crippen LogP contribution in [0.3, 0.4) is 0 Å². The zero-order valence-corrected chi connectivity index (χ0v) is 12.6. The van der Waals surface area contributed by atoms with Crippen LogP contribution in [0.5, 0.6) is 0 Å². The number of hydrogen-bond donors (Lipinski definition) is 1. The molecule has 1 aromatic heterocycles. The number of rotatable bonds is 2. The standard InChI is InChI=1S/C15H19N3S/c1-14(2)12(15(14,3)4)18-11(16-17-13(18)19)10-8-6-5-7-9-10/h5-9,12H,1-4H3,(H,17,19). The number of benzene rings is 1. The summed E-state index contributed by atoms with van der Waals surface area (Å²) < 4.78 is 2.90. The molecule has 1 aliphatic rings. The summed E-state index contributed by atoms with van der Waals surface area (Å²) in [6.07, 6.45) is 0. The molecular formula is C15H19N3S. The van der Waals surface area contributed by atoms with Crippen molar-refractivity contribution < 1.29 is 0 Å². The summed E-state index contributed by atoms with van der Waals surface area (Å²) in [7, 11) is 0. The van der Waals surface area contributed by atoms with Crippen molar-refractivity contribution in [3.8, 4) is 11.4 Å². The van der Waals surface area contributed by atoms with Crippen LogP contribution in [0.1, 0.15) is 33.7 Å². The Morgan fingerprint density at radius 1 is 1.11 bits per heavy atom. The Hall–Kier alpha value is -1.42. The largest absolute Gasteiger partial charge is 0.296 e. The predicted molar refractivity (Wildman–Crippen MR) is 79.4 cm³/mol. The van der Waals surface area contributed by atoms with Crippen molar-refractivity contribution in [2.24, 2.45) is 10.8 Å². The molecule has 0 bridgehead atoms. The Balaban J connectivity index is 2.15. The van der Waals surface area contributed by atoms with Gasteiger partial charge in [0.15, 0.2) is 10.6 Å². The highest BCUT2D eigenvalue weighted by Crippen LogP contribution is 2.71. The molecule has 19 heavy (non-hydrogen) atoms. The fraction of sp³-hybridized carbons (Fsp3) is 0.467. The monoisotopic (exact) mass is 273 g/mol. The molecule has 100 valence electrons. The normalized spacial score (nSPS) is 20.4. The molecule has 4 heteroatoms. The summed E-state index contributed by atoms with van der Waals surface area (Å²) >= 11 is 5.44. The van der Waals surface area contributed by atoms with Crippen molar-refractivity contribution >= 4 is 12.2 Å². The van der Waals surface area contributed by atoms with Gasteiger partial charge in [-0.25, -0.2) is 0 Å². The molecule has 2 aromatic rings. The van der Waals surface area contributed by atoms with Crippen molar-refractivity contribution in [2.75, 3.05) is 0 Å². The topological polar surface area (TPSA) is 33.6 Å². The number of H-pyrrole nitrogens is 1. The minimum absolute atomic E-state index is 0.235. The lowest BCUT2D eigenvalue weighted by molar-refractivity contribution is 0.457. The van der Waals surface area contributed by atoms with E-state index in [1.807, 2.05) is 18.2 Å². The van der Waals surface area contributed by atoms with Crippen LogP contribution in [0.25, 0.3) is 11.4 Å². The van der Waals surface area contributed by atoms with E-state index in [1.54, 1.807) is 0 Å². The van der Waals surface area contributed by atoms with Gasteiger partial charge in [-0.1, -0.05) is 58.0 Å². The van der Waals surface area contributed by atoms with E-state index < -0.39 is 0 Å². The van der Waals surface area contributed by atoms with Gasteiger partial charge in [0.25, 0.3) is 0 Å². The van der Waals surface area contributed by atoms with E-state index in [1.165, 1.54) is 0 Å². The maximum Gasteiger partial charge on any atom is 0.195 e. The van der Waals surface area contributed by atoms with Crippen molar-refractivity contribution in [3.05, 3.63) is 35.1 Å². The SMILES string of the molecule is CC1(C)C(n2c(-c3ccccc3)n[nH]c2=S)C1(C)C. The van der Waals surface area contributed by atoms with Crippen LogP contribution in [-0.2, 0) is 0 Å². The van der Waals surface area contributed by atoms with Crippen molar-refractivity contribution in [1.29, 1.82) is 0 Å². The second kappa shape index (κ2) is 3.79. The fourth-order valence-corrected chi connectivity index (χ4v) is 3.38. The molecule has 0 amide bonds. The van der Waals surface area contributed by atoms with Crippen molar-refractivity contribution in [3.63, 3.8) is 0 Å². The molecule has 1 heterocycles. The first-order valence-corrected chi connectivity index (χ1v) is 7.00. The third kappa shape index (κ3) is 1.62. The summed E-state index contributed by atoms with van der Waals surface area (Å²) in [5.41, 5.74) is 1.57. The maximum absolute atomic E-state index is 5.44. The molecule has 1 aliphatic carbocycles. The van der Waals surface area contributed by atoms with Crippen LogP contribution in [0.15, 0.2) is 30.3 Å². The lowest BCUT2D eigenvalue weighted by Gasteiger charge is -2.08. The van der Waals surface area contributed by atoms with E-state index in [-0.39, 0.29) is 10.8 Å². The Morgan fingerprint density at radius 3 is 2.21 bits per heavy atom. The zero-order chi connectivity index (χ0) is 13.8. The Labute approximate surface area is 118 Å². The van der Waals surface area contributed by atoms with Gasteiger partial charge < -0.3 is 0 Å². The smallest absolute Gasteiger partial charge is 0.195 e. The molecule has 0 saturated heterocycles. The Morgan fingerprint density at radius 2 is 1.68 bits per heavy atom. The second-order valence-corrected chi connectivity index (χ2v) is 6.82. The zero-order valence-electron chi connectivity index (χ0n) is 11.8. The molecule has 0 atom stereocenters. The maximum atomic E-state index is 5.44. The van der Waals surface area contributed by atoms with Crippen LogP contribution in [-0.4, -0.2) is 14.8 Å². The van der Waals surface area contributed by atoms with Crippen LogP contribution in [0.4, 0.5) is 0 Å². The molecule has 0 spiro atoms. The number of hydrogen-bond acceptors (Lipinski definition) is 2. The summed E-state index contributed by atoms with van der Waals surface area (Å²) in [6.45, 7) is 9.17. The summed E-state index contributed by atoms with van der Waals surface area (Å²) in [5, 5.41) is 7.37. The van der Waals surface area contributed by atoms with Crippen molar-refractivity contribution in [2.45, 2.75) is 33.7 Å². The molecule has 3 rings (SSSR count). The van der Waals surface area contributed by atoms with Crippen LogP contribution < -0.4 is 0 Å². The third-order valence-electron chi connectivity index (χ3n) is 4.94. The van der Waals surface area contributed by atoms with E-state index in [0.717, 1.165) is 11.4 Å². The molecule has 0 aliphatic heterocycles. The minimum Gasteiger partial charge on any atom is -0.296 e. The first-order chi connectivity index (χ1) is 8.87. The first-order valence-electron chi connectivity index (χ1n) is 6.59. The molecule has 1 aromatic carbocycles. The highest BCUT2D eigenvalue weighted by atomic mass is 32.1. The number of aromatic nitrogens is 3. The highest BCUT2D eigenvalue weighted by Gasteiger charge is 2.66. The fourth-order valence-electron chi connectivity index (χ4n) is 3.14. The molecule has 1 N–H and O–H groups in total. The van der Waals surface area contributed by atoms with E-state index in [2.05, 4.69) is 54.6 Å². The molecule has 0 unspecified atom stereocenters. The predicted octanol–water partition coefficient (Wildman–Crippen LogP) is 4.21. The third-order valence-corrected chi connectivity index (χ3v) is 5.23. The van der Waals surface area contributed by atoms with Gasteiger partial charge in [-0.05, 0) is 23.0 Å². The summed E-state index contributed by atoms with van der Waals surface area (Å²) in [4.78, 5) is 0. The van der Waals surface area contributed by atoms with Crippen LogP contribution >= 0.6 is 12.2 Å². The van der Waals surface area contributed by atoms with Gasteiger partial charge in [0, 0.05) is 11.6 Å². The number of aromatic amines is 1. The molecule has 1 fully saturated rings. The van der Waals surface area contributed by atoms with E-state index in [0.29, 0.717) is 10.8 Å². The molecule has 1 saturated carbocycles. The number of nitrogens with zero attached hydrogens (tertiary/aromatic N) is 2. The van der Waals surface area contributed by atoms with Gasteiger partial charge >= 0.3 is 0 Å². The van der Waals surface area contributed by atoms with Crippen molar-refractivity contribution in [1.82, 2.24) is 14.8 Å². The van der Waals surface area contributed by atoms with Gasteiger partial charge in [-0.15, -0.1) is 0 Å². The molecule has 0 radical (unpaired) electrons. The summed E-state index contributed by atoms with van der Waals surface area (Å²) in [5.74, 6) is 0.939. The van der Waals surface area contributed by atoms with Crippen LogP contribution in [0.2, 0.25) is 0 Å². The number of nitrogens with one attached hydrogen (secondary N) is 1. The van der Waals surface area contributed by atoms with Gasteiger partial charge in [0.2, 0.25) is 0 Å². The molecule has 3 nitrogen and oxygen atoms in total. The quantitative estimate of drug-likeness (QED) is 0.831. The lowest BCUT2D eigenvalue weighted by atomic mass is 10.0.